The highest BCUT2D eigenvalue weighted by Gasteiger charge is 2.28. The monoisotopic (exact) mass is 246 g/mol. The summed E-state index contributed by atoms with van der Waals surface area (Å²) in [6, 6.07) is 9.49. The second-order valence-electron chi connectivity index (χ2n) is 4.96. The van der Waals surface area contributed by atoms with E-state index in [9.17, 15) is 4.39 Å². The van der Waals surface area contributed by atoms with Gasteiger partial charge in [0.05, 0.1) is 12.0 Å². The fourth-order valence-corrected chi connectivity index (χ4v) is 2.75. The van der Waals surface area contributed by atoms with Crippen LogP contribution < -0.4 is 5.32 Å². The van der Waals surface area contributed by atoms with Crippen LogP contribution in [0.1, 0.15) is 44.2 Å². The van der Waals surface area contributed by atoms with Gasteiger partial charge in [0, 0.05) is 12.1 Å². The van der Waals surface area contributed by atoms with E-state index in [0.29, 0.717) is 0 Å². The van der Waals surface area contributed by atoms with Crippen LogP contribution in [0.5, 0.6) is 0 Å². The fraction of sp³-hybridized carbons (Fsp3) is 0.533. The quantitative estimate of drug-likeness (QED) is 0.881. The van der Waals surface area contributed by atoms with E-state index in [4.69, 9.17) is 5.26 Å². The van der Waals surface area contributed by atoms with Crippen molar-refractivity contribution >= 4 is 0 Å². The number of hydrogen-bond acceptors (Lipinski definition) is 2. The molecule has 0 bridgehead atoms. The van der Waals surface area contributed by atoms with Crippen LogP contribution in [0.4, 0.5) is 4.39 Å². The Morgan fingerprint density at radius 2 is 2.33 bits per heavy atom. The van der Waals surface area contributed by atoms with E-state index >= 15 is 0 Å². The summed E-state index contributed by atoms with van der Waals surface area (Å²) >= 11 is 0. The molecule has 0 radical (unpaired) electrons. The Morgan fingerprint density at radius 3 is 3.00 bits per heavy atom. The van der Waals surface area contributed by atoms with Gasteiger partial charge in [-0.3, -0.25) is 0 Å². The maximum absolute atomic E-state index is 13.2. The van der Waals surface area contributed by atoms with Gasteiger partial charge in [0.2, 0.25) is 0 Å². The summed E-state index contributed by atoms with van der Waals surface area (Å²) in [6.07, 6.45) is 4.03. The standard InChI is InChI=1S/C15H19FN2/c1-2-14(11-5-3-7-13(16)9-11)18-15-8-4-6-12(15)10-17/h3,5,7,9,12,14-15,18H,2,4,6,8H2,1H3. The third-order valence-electron chi connectivity index (χ3n) is 3.76. The lowest BCUT2D eigenvalue weighted by molar-refractivity contribution is 0.393. The maximum atomic E-state index is 13.2. The molecule has 0 heterocycles. The molecule has 3 heteroatoms. The Hall–Kier alpha value is -1.40. The summed E-state index contributed by atoms with van der Waals surface area (Å²) in [5.41, 5.74) is 0.973. The van der Waals surface area contributed by atoms with E-state index in [-0.39, 0.29) is 23.8 Å². The zero-order chi connectivity index (χ0) is 13.0. The van der Waals surface area contributed by atoms with E-state index < -0.39 is 0 Å². The molecule has 0 amide bonds. The molecule has 18 heavy (non-hydrogen) atoms. The van der Waals surface area contributed by atoms with Crippen LogP contribution in [0.2, 0.25) is 0 Å². The average Bonchev–Trinajstić information content (AvgIpc) is 2.83. The van der Waals surface area contributed by atoms with Gasteiger partial charge in [0.15, 0.2) is 0 Å². The second-order valence-corrected chi connectivity index (χ2v) is 4.96. The Morgan fingerprint density at radius 1 is 1.50 bits per heavy atom. The molecule has 1 aliphatic carbocycles. The SMILES string of the molecule is CCC(NC1CCCC1C#N)c1cccc(F)c1. The van der Waals surface area contributed by atoms with Gasteiger partial charge in [-0.15, -0.1) is 0 Å². The van der Waals surface area contributed by atoms with E-state index in [0.717, 1.165) is 31.2 Å². The van der Waals surface area contributed by atoms with Gasteiger partial charge in [-0.1, -0.05) is 25.5 Å². The van der Waals surface area contributed by atoms with E-state index in [2.05, 4.69) is 18.3 Å². The highest BCUT2D eigenvalue weighted by Crippen LogP contribution is 2.28. The number of nitrogens with zero attached hydrogens (tertiary/aromatic N) is 1. The predicted octanol–water partition coefficient (Wildman–Crippen LogP) is 3.56. The van der Waals surface area contributed by atoms with Crippen molar-refractivity contribution in [3.8, 4) is 6.07 Å². The van der Waals surface area contributed by atoms with Crippen molar-refractivity contribution in [2.45, 2.75) is 44.7 Å². The van der Waals surface area contributed by atoms with Crippen LogP contribution >= 0.6 is 0 Å². The molecule has 2 rings (SSSR count). The van der Waals surface area contributed by atoms with E-state index in [1.807, 2.05) is 6.07 Å². The zero-order valence-corrected chi connectivity index (χ0v) is 10.7. The van der Waals surface area contributed by atoms with Crippen molar-refractivity contribution in [3.05, 3.63) is 35.6 Å². The summed E-state index contributed by atoms with van der Waals surface area (Å²) in [5.74, 6) is -0.0939. The molecule has 0 aromatic heterocycles. The maximum Gasteiger partial charge on any atom is 0.123 e. The van der Waals surface area contributed by atoms with Crippen molar-refractivity contribution in [2.75, 3.05) is 0 Å². The summed E-state index contributed by atoms with van der Waals surface area (Å²) in [5, 5.41) is 12.6. The van der Waals surface area contributed by atoms with Crippen LogP contribution in [-0.4, -0.2) is 6.04 Å². The molecule has 0 saturated heterocycles. The molecule has 0 aliphatic heterocycles. The largest absolute Gasteiger partial charge is 0.306 e. The van der Waals surface area contributed by atoms with Gasteiger partial charge >= 0.3 is 0 Å². The van der Waals surface area contributed by atoms with Crippen LogP contribution in [0.25, 0.3) is 0 Å². The van der Waals surface area contributed by atoms with Crippen molar-refractivity contribution in [3.63, 3.8) is 0 Å². The molecular weight excluding hydrogens is 227 g/mol. The lowest BCUT2D eigenvalue weighted by atomic mass is 10.00. The zero-order valence-electron chi connectivity index (χ0n) is 10.7. The number of benzene rings is 1. The molecule has 1 N–H and O–H groups in total. The third-order valence-corrected chi connectivity index (χ3v) is 3.76. The smallest absolute Gasteiger partial charge is 0.123 e. The van der Waals surface area contributed by atoms with Gasteiger partial charge in [0.25, 0.3) is 0 Å². The number of rotatable bonds is 4. The van der Waals surface area contributed by atoms with Crippen LogP contribution in [0.3, 0.4) is 0 Å². The van der Waals surface area contributed by atoms with Gasteiger partial charge in [0.1, 0.15) is 5.82 Å². The van der Waals surface area contributed by atoms with Crippen molar-refractivity contribution in [2.24, 2.45) is 5.92 Å². The molecule has 1 saturated carbocycles. The molecule has 1 aromatic rings. The molecule has 3 unspecified atom stereocenters. The van der Waals surface area contributed by atoms with Gasteiger partial charge in [-0.25, -0.2) is 4.39 Å². The highest BCUT2D eigenvalue weighted by atomic mass is 19.1. The predicted molar refractivity (Wildman–Crippen MR) is 69.3 cm³/mol. The second kappa shape index (κ2) is 5.97. The van der Waals surface area contributed by atoms with Crippen molar-refractivity contribution in [1.29, 1.82) is 5.26 Å². The van der Waals surface area contributed by atoms with E-state index in [1.165, 1.54) is 6.07 Å². The Bertz CT molecular complexity index is 438. The minimum absolute atomic E-state index is 0.104. The summed E-state index contributed by atoms with van der Waals surface area (Å²) in [7, 11) is 0. The minimum Gasteiger partial charge on any atom is -0.306 e. The van der Waals surface area contributed by atoms with Crippen LogP contribution in [-0.2, 0) is 0 Å². The highest BCUT2D eigenvalue weighted by molar-refractivity contribution is 5.20. The van der Waals surface area contributed by atoms with Crippen LogP contribution in [0.15, 0.2) is 24.3 Å². The Balaban J connectivity index is 2.08. The van der Waals surface area contributed by atoms with Crippen molar-refractivity contribution in [1.82, 2.24) is 5.32 Å². The number of halogens is 1. The van der Waals surface area contributed by atoms with E-state index in [1.54, 1.807) is 12.1 Å². The molecule has 2 nitrogen and oxygen atoms in total. The Kier molecular flexibility index (Phi) is 4.33. The normalized spacial score (nSPS) is 24.7. The van der Waals surface area contributed by atoms with Crippen molar-refractivity contribution < 1.29 is 4.39 Å². The van der Waals surface area contributed by atoms with Crippen LogP contribution in [0, 0.1) is 23.1 Å². The molecule has 0 spiro atoms. The topological polar surface area (TPSA) is 35.8 Å². The third kappa shape index (κ3) is 2.88. The first-order chi connectivity index (χ1) is 8.74. The number of nitriles is 1. The first-order valence-corrected chi connectivity index (χ1v) is 6.65. The van der Waals surface area contributed by atoms with Gasteiger partial charge in [-0.2, -0.15) is 5.26 Å². The van der Waals surface area contributed by atoms with Gasteiger partial charge < -0.3 is 5.32 Å². The lowest BCUT2D eigenvalue weighted by Gasteiger charge is -2.24. The molecule has 1 fully saturated rings. The summed E-state index contributed by atoms with van der Waals surface area (Å²) in [4.78, 5) is 0. The lowest BCUT2D eigenvalue weighted by Crippen LogP contribution is -2.35. The molecule has 3 atom stereocenters. The average molecular weight is 246 g/mol. The first-order valence-electron chi connectivity index (χ1n) is 6.65. The summed E-state index contributed by atoms with van der Waals surface area (Å²) in [6.45, 7) is 2.08. The first kappa shape index (κ1) is 13.0. The fourth-order valence-electron chi connectivity index (χ4n) is 2.75. The molecule has 1 aromatic carbocycles. The Labute approximate surface area is 108 Å². The number of nitrogens with one attached hydrogen (secondary N) is 1. The van der Waals surface area contributed by atoms with Gasteiger partial charge in [-0.05, 0) is 37.0 Å². The number of hydrogen-bond donors (Lipinski definition) is 1. The molecule has 1 aliphatic rings. The molecular formula is C15H19FN2. The minimum atomic E-state index is -0.198. The summed E-state index contributed by atoms with van der Waals surface area (Å²) < 4.78 is 13.2. The molecule has 96 valence electrons.